The molecule has 1 fully saturated rings. The predicted molar refractivity (Wildman–Crippen MR) is 82.1 cm³/mol. The fourth-order valence-corrected chi connectivity index (χ4v) is 3.83. The van der Waals surface area contributed by atoms with Gasteiger partial charge in [-0.05, 0) is 36.9 Å². The second-order valence-corrected chi connectivity index (χ2v) is 8.20. The molecule has 0 spiro atoms. The fourth-order valence-electron chi connectivity index (χ4n) is 2.55. The average Bonchev–Trinajstić information content (AvgIpc) is 2.85. The average molecular weight is 298 g/mol. The van der Waals surface area contributed by atoms with Crippen LogP contribution in [0.15, 0.2) is 0 Å². The minimum Gasteiger partial charge on any atom is -0.342 e. The number of likely N-dealkylation sites (tertiary alicyclic amines) is 1. The van der Waals surface area contributed by atoms with Gasteiger partial charge in [-0.2, -0.15) is 0 Å². The van der Waals surface area contributed by atoms with Gasteiger partial charge in [0.2, 0.25) is 5.91 Å². The van der Waals surface area contributed by atoms with Crippen LogP contribution in [-0.4, -0.2) is 28.9 Å². The van der Waals surface area contributed by atoms with Crippen LogP contribution >= 0.6 is 23.6 Å². The van der Waals surface area contributed by atoms with Crippen LogP contribution in [0, 0.1) is 22.2 Å². The van der Waals surface area contributed by atoms with Gasteiger partial charge in [0.05, 0.1) is 6.42 Å². The highest BCUT2D eigenvalue weighted by Crippen LogP contribution is 2.33. The van der Waals surface area contributed by atoms with Gasteiger partial charge in [0, 0.05) is 23.7 Å². The summed E-state index contributed by atoms with van der Waals surface area (Å²) in [6.07, 6.45) is 1.61. The minimum absolute atomic E-state index is 0.236. The molecule has 3 nitrogen and oxygen atoms in total. The highest BCUT2D eigenvalue weighted by atomic mass is 32.1. The van der Waals surface area contributed by atoms with Crippen molar-refractivity contribution in [2.75, 3.05) is 13.1 Å². The van der Waals surface area contributed by atoms with E-state index in [-0.39, 0.29) is 11.3 Å². The molecule has 0 radical (unpaired) electrons. The Morgan fingerprint density at radius 2 is 2.21 bits per heavy atom. The van der Waals surface area contributed by atoms with Crippen LogP contribution in [0.3, 0.4) is 0 Å². The number of amides is 1. The van der Waals surface area contributed by atoms with E-state index in [0.717, 1.165) is 34.0 Å². The number of carbonyl (C=O) groups is 1. The largest absolute Gasteiger partial charge is 0.342 e. The number of thiazole rings is 1. The third-order valence-corrected chi connectivity index (χ3v) is 5.34. The Labute approximate surface area is 124 Å². The first-order valence-corrected chi connectivity index (χ1v) is 7.96. The lowest BCUT2D eigenvalue weighted by atomic mass is 9.80. The van der Waals surface area contributed by atoms with E-state index < -0.39 is 0 Å². The number of carbonyl (C=O) groups excluding carboxylic acids is 1. The summed E-state index contributed by atoms with van der Waals surface area (Å²) < 4.78 is 0.759. The van der Waals surface area contributed by atoms with Gasteiger partial charge < -0.3 is 9.88 Å². The second-order valence-electron chi connectivity index (χ2n) is 6.43. The summed E-state index contributed by atoms with van der Waals surface area (Å²) >= 11 is 6.63. The van der Waals surface area contributed by atoms with Gasteiger partial charge in [-0.3, -0.25) is 4.79 Å². The van der Waals surface area contributed by atoms with E-state index in [4.69, 9.17) is 12.2 Å². The standard InChI is InChI=1S/C14H22N2OS2/c1-9-11(19-13(18)15-9)7-12(17)16-6-5-10(8-16)14(2,3)4/h10H,5-8H2,1-4H3,(H,15,18). The first-order chi connectivity index (χ1) is 8.77. The van der Waals surface area contributed by atoms with Crippen LogP contribution in [-0.2, 0) is 11.2 Å². The number of rotatable bonds is 2. The van der Waals surface area contributed by atoms with Gasteiger partial charge >= 0.3 is 0 Å². The molecule has 1 N–H and O–H groups in total. The zero-order valence-corrected chi connectivity index (χ0v) is 13.7. The summed E-state index contributed by atoms with van der Waals surface area (Å²) in [5.74, 6) is 0.849. The zero-order chi connectivity index (χ0) is 14.2. The van der Waals surface area contributed by atoms with Crippen molar-refractivity contribution in [3.8, 4) is 0 Å². The van der Waals surface area contributed by atoms with E-state index in [1.165, 1.54) is 11.3 Å². The van der Waals surface area contributed by atoms with E-state index >= 15 is 0 Å². The number of aromatic amines is 1. The van der Waals surface area contributed by atoms with Crippen molar-refractivity contribution in [3.05, 3.63) is 14.5 Å². The van der Waals surface area contributed by atoms with E-state index in [1.54, 1.807) is 0 Å². The third-order valence-electron chi connectivity index (χ3n) is 4.00. The Balaban J connectivity index is 1.99. The lowest BCUT2D eigenvalue weighted by molar-refractivity contribution is -0.129. The maximum atomic E-state index is 12.3. The second kappa shape index (κ2) is 5.37. The quantitative estimate of drug-likeness (QED) is 0.848. The lowest BCUT2D eigenvalue weighted by Crippen LogP contribution is -2.32. The van der Waals surface area contributed by atoms with Gasteiger partial charge in [-0.15, -0.1) is 11.3 Å². The summed E-state index contributed by atoms with van der Waals surface area (Å²) in [7, 11) is 0. The summed E-state index contributed by atoms with van der Waals surface area (Å²) in [6.45, 7) is 10.6. The number of H-pyrrole nitrogens is 1. The molecule has 0 aromatic carbocycles. The van der Waals surface area contributed by atoms with E-state index in [0.29, 0.717) is 12.3 Å². The molecule has 1 saturated heterocycles. The van der Waals surface area contributed by atoms with E-state index in [2.05, 4.69) is 25.8 Å². The van der Waals surface area contributed by atoms with Crippen molar-refractivity contribution in [2.45, 2.75) is 40.5 Å². The molecule has 19 heavy (non-hydrogen) atoms. The van der Waals surface area contributed by atoms with Gasteiger partial charge in [0.25, 0.3) is 0 Å². The van der Waals surface area contributed by atoms with Gasteiger partial charge in [0.15, 0.2) is 3.95 Å². The van der Waals surface area contributed by atoms with Crippen molar-refractivity contribution in [1.29, 1.82) is 0 Å². The zero-order valence-electron chi connectivity index (χ0n) is 12.1. The summed E-state index contributed by atoms with van der Waals surface area (Å²) in [5.41, 5.74) is 1.32. The molecule has 1 aromatic rings. The van der Waals surface area contributed by atoms with E-state index in [9.17, 15) is 4.79 Å². The predicted octanol–water partition coefficient (Wildman–Crippen LogP) is 3.55. The molecule has 0 aliphatic carbocycles. The van der Waals surface area contributed by atoms with Gasteiger partial charge in [0.1, 0.15) is 0 Å². The topological polar surface area (TPSA) is 36.1 Å². The van der Waals surface area contributed by atoms with Gasteiger partial charge in [-0.1, -0.05) is 20.8 Å². The van der Waals surface area contributed by atoms with Crippen LogP contribution in [0.5, 0.6) is 0 Å². The molecule has 1 unspecified atom stereocenters. The fraction of sp³-hybridized carbons (Fsp3) is 0.714. The Hall–Kier alpha value is -0.680. The summed E-state index contributed by atoms with van der Waals surface area (Å²) in [4.78, 5) is 18.5. The maximum absolute atomic E-state index is 12.3. The highest BCUT2D eigenvalue weighted by Gasteiger charge is 2.33. The molecule has 1 atom stereocenters. The van der Waals surface area contributed by atoms with Crippen LogP contribution in [0.4, 0.5) is 0 Å². The van der Waals surface area contributed by atoms with Crippen LogP contribution < -0.4 is 0 Å². The number of aryl methyl sites for hydroxylation is 1. The Kier molecular flexibility index (Phi) is 4.16. The molecule has 2 heterocycles. The number of nitrogens with one attached hydrogen (secondary N) is 1. The van der Waals surface area contributed by atoms with Crippen molar-refractivity contribution in [2.24, 2.45) is 11.3 Å². The van der Waals surface area contributed by atoms with Gasteiger partial charge in [-0.25, -0.2) is 0 Å². The van der Waals surface area contributed by atoms with Crippen molar-refractivity contribution in [1.82, 2.24) is 9.88 Å². The van der Waals surface area contributed by atoms with Crippen LogP contribution in [0.2, 0.25) is 0 Å². The highest BCUT2D eigenvalue weighted by molar-refractivity contribution is 7.73. The maximum Gasteiger partial charge on any atom is 0.227 e. The monoisotopic (exact) mass is 298 g/mol. The molecule has 0 saturated carbocycles. The Bertz CT molecular complexity index is 524. The summed E-state index contributed by atoms with van der Waals surface area (Å²) in [5, 5.41) is 0. The first-order valence-electron chi connectivity index (χ1n) is 6.73. The van der Waals surface area contributed by atoms with Crippen molar-refractivity contribution < 1.29 is 4.79 Å². The normalized spacial score (nSPS) is 20.0. The van der Waals surface area contributed by atoms with Crippen LogP contribution in [0.1, 0.15) is 37.8 Å². The molecule has 1 aliphatic rings. The Morgan fingerprint density at radius 1 is 1.53 bits per heavy atom. The molecular formula is C14H22N2OS2. The number of nitrogens with zero attached hydrogens (tertiary/aromatic N) is 1. The van der Waals surface area contributed by atoms with E-state index in [1.807, 2.05) is 11.8 Å². The minimum atomic E-state index is 0.236. The van der Waals surface area contributed by atoms with Crippen molar-refractivity contribution >= 4 is 29.5 Å². The lowest BCUT2D eigenvalue weighted by Gasteiger charge is -2.26. The molecule has 106 valence electrons. The molecule has 1 aromatic heterocycles. The van der Waals surface area contributed by atoms with Crippen LogP contribution in [0.25, 0.3) is 0 Å². The number of hydrogen-bond donors (Lipinski definition) is 1. The smallest absolute Gasteiger partial charge is 0.227 e. The molecule has 1 aliphatic heterocycles. The van der Waals surface area contributed by atoms with Crippen molar-refractivity contribution in [3.63, 3.8) is 0 Å². The molecule has 2 rings (SSSR count). The third kappa shape index (κ3) is 3.45. The molecular weight excluding hydrogens is 276 g/mol. The molecule has 5 heteroatoms. The Morgan fingerprint density at radius 3 is 2.68 bits per heavy atom. The number of hydrogen-bond acceptors (Lipinski definition) is 3. The SMILES string of the molecule is Cc1[nH]c(=S)sc1CC(=O)N1CCC(C(C)(C)C)C1. The summed E-state index contributed by atoms with van der Waals surface area (Å²) in [6, 6.07) is 0. The molecule has 0 bridgehead atoms. The number of aromatic nitrogens is 1. The molecule has 1 amide bonds. The first kappa shape index (κ1) is 14.7.